The second-order valence-corrected chi connectivity index (χ2v) is 6.34. The van der Waals surface area contributed by atoms with Crippen molar-refractivity contribution in [1.82, 2.24) is 4.90 Å². The van der Waals surface area contributed by atoms with Crippen LogP contribution in [0.2, 0.25) is 0 Å². The van der Waals surface area contributed by atoms with E-state index in [-0.39, 0.29) is 36.4 Å². The predicted octanol–water partition coefficient (Wildman–Crippen LogP) is 3.05. The second kappa shape index (κ2) is 9.34. The van der Waals surface area contributed by atoms with Gasteiger partial charge in [0.2, 0.25) is 5.91 Å². The number of halogens is 2. The zero-order chi connectivity index (χ0) is 15.2. The van der Waals surface area contributed by atoms with E-state index in [0.717, 1.165) is 29.7 Å². The molecule has 3 N–H and O–H groups in total. The van der Waals surface area contributed by atoms with Crippen molar-refractivity contribution in [2.45, 2.75) is 19.8 Å². The molecule has 0 aromatic heterocycles. The Morgan fingerprint density at radius 2 is 2.32 bits per heavy atom. The number of carbonyl (C=O) groups is 1. The number of amides is 1. The van der Waals surface area contributed by atoms with Gasteiger partial charge in [-0.2, -0.15) is 0 Å². The van der Waals surface area contributed by atoms with Gasteiger partial charge in [0.1, 0.15) is 6.54 Å². The Morgan fingerprint density at radius 3 is 3.00 bits per heavy atom. The fourth-order valence-electron chi connectivity index (χ4n) is 2.42. The van der Waals surface area contributed by atoms with Crippen molar-refractivity contribution in [3.8, 4) is 0 Å². The van der Waals surface area contributed by atoms with E-state index in [0.29, 0.717) is 11.9 Å². The van der Waals surface area contributed by atoms with Crippen LogP contribution in [0.5, 0.6) is 0 Å². The van der Waals surface area contributed by atoms with Gasteiger partial charge in [0.05, 0.1) is 0 Å². The molecule has 22 heavy (non-hydrogen) atoms. The molecular formula is C15H22BrIN4O. The van der Waals surface area contributed by atoms with Crippen LogP contribution in [-0.2, 0) is 4.79 Å². The van der Waals surface area contributed by atoms with Crippen LogP contribution < -0.4 is 11.1 Å². The zero-order valence-electron chi connectivity index (χ0n) is 12.6. The third kappa shape index (κ3) is 6.12. The highest BCUT2D eigenvalue weighted by atomic mass is 127. The maximum absolute atomic E-state index is 11.9. The average molecular weight is 481 g/mol. The molecule has 1 fully saturated rings. The minimum atomic E-state index is -0.166. The number of benzene rings is 1. The number of nitrogens with two attached hydrogens (primary N) is 1. The third-order valence-electron chi connectivity index (χ3n) is 3.47. The van der Waals surface area contributed by atoms with E-state index in [1.807, 2.05) is 24.3 Å². The number of likely N-dealkylation sites (tertiary alicyclic amines) is 1. The molecule has 1 aliphatic heterocycles. The van der Waals surface area contributed by atoms with Gasteiger partial charge in [-0.15, -0.1) is 24.0 Å². The fourth-order valence-corrected chi connectivity index (χ4v) is 2.82. The van der Waals surface area contributed by atoms with Crippen LogP contribution in [0.25, 0.3) is 0 Å². The van der Waals surface area contributed by atoms with Gasteiger partial charge in [0.15, 0.2) is 5.96 Å². The Hall–Kier alpha value is -0.830. The summed E-state index contributed by atoms with van der Waals surface area (Å²) in [5.74, 6) is 0.926. The number of guanidine groups is 1. The zero-order valence-corrected chi connectivity index (χ0v) is 16.5. The van der Waals surface area contributed by atoms with Gasteiger partial charge in [0.25, 0.3) is 0 Å². The summed E-state index contributed by atoms with van der Waals surface area (Å²) in [5, 5.41) is 2.80. The van der Waals surface area contributed by atoms with Crippen LogP contribution in [0.15, 0.2) is 33.7 Å². The molecule has 1 unspecified atom stereocenters. The summed E-state index contributed by atoms with van der Waals surface area (Å²) in [7, 11) is 0. The van der Waals surface area contributed by atoms with Gasteiger partial charge in [-0.3, -0.25) is 4.79 Å². The van der Waals surface area contributed by atoms with Crippen LogP contribution in [0.3, 0.4) is 0 Å². The Morgan fingerprint density at radius 1 is 1.55 bits per heavy atom. The molecule has 0 aliphatic carbocycles. The first-order valence-electron chi connectivity index (χ1n) is 7.15. The van der Waals surface area contributed by atoms with Crippen LogP contribution in [0, 0.1) is 5.92 Å². The molecule has 2 rings (SSSR count). The molecule has 0 bridgehead atoms. The normalized spacial score (nSPS) is 18.5. The molecule has 5 nitrogen and oxygen atoms in total. The van der Waals surface area contributed by atoms with Crippen molar-refractivity contribution in [3.05, 3.63) is 28.7 Å². The summed E-state index contributed by atoms with van der Waals surface area (Å²) in [4.78, 5) is 18.1. The lowest BCUT2D eigenvalue weighted by molar-refractivity contribution is -0.114. The minimum Gasteiger partial charge on any atom is -0.370 e. The molecule has 1 heterocycles. The molecule has 122 valence electrons. The second-order valence-electron chi connectivity index (χ2n) is 5.43. The Kier molecular flexibility index (Phi) is 8.16. The molecule has 0 saturated carbocycles. The first-order chi connectivity index (χ1) is 10.0. The lowest BCUT2D eigenvalue weighted by atomic mass is 10.0. The van der Waals surface area contributed by atoms with E-state index in [9.17, 15) is 4.79 Å². The number of carbonyl (C=O) groups excluding carboxylic acids is 1. The van der Waals surface area contributed by atoms with Crippen molar-refractivity contribution < 1.29 is 4.79 Å². The van der Waals surface area contributed by atoms with E-state index < -0.39 is 0 Å². The SMILES string of the molecule is CC1CCCN(C(N)=NCC(=O)Nc2cccc(Br)c2)C1.I. The van der Waals surface area contributed by atoms with Crippen LogP contribution in [0.1, 0.15) is 19.8 Å². The summed E-state index contributed by atoms with van der Waals surface area (Å²) < 4.78 is 0.922. The molecule has 1 aliphatic rings. The fraction of sp³-hybridized carbons (Fsp3) is 0.467. The number of hydrogen-bond acceptors (Lipinski definition) is 2. The number of hydrogen-bond donors (Lipinski definition) is 2. The van der Waals surface area contributed by atoms with E-state index >= 15 is 0 Å². The molecule has 0 spiro atoms. The van der Waals surface area contributed by atoms with Crippen molar-refractivity contribution in [1.29, 1.82) is 0 Å². The maximum atomic E-state index is 11.9. The number of aliphatic imine (C=N–C) groups is 1. The monoisotopic (exact) mass is 480 g/mol. The molecule has 1 aromatic rings. The van der Waals surface area contributed by atoms with E-state index in [1.54, 1.807) is 0 Å². The molecule has 1 saturated heterocycles. The third-order valence-corrected chi connectivity index (χ3v) is 3.97. The predicted molar refractivity (Wildman–Crippen MR) is 105 cm³/mol. The van der Waals surface area contributed by atoms with Gasteiger partial charge in [0, 0.05) is 23.2 Å². The van der Waals surface area contributed by atoms with Crippen LogP contribution in [0.4, 0.5) is 5.69 Å². The first-order valence-corrected chi connectivity index (χ1v) is 7.94. The van der Waals surface area contributed by atoms with Gasteiger partial charge in [-0.25, -0.2) is 4.99 Å². The van der Waals surface area contributed by atoms with Gasteiger partial charge < -0.3 is 16.0 Å². The number of nitrogens with zero attached hydrogens (tertiary/aromatic N) is 2. The molecule has 0 radical (unpaired) electrons. The Balaban J connectivity index is 0.00000242. The molecule has 1 aromatic carbocycles. The lowest BCUT2D eigenvalue weighted by Gasteiger charge is -2.31. The summed E-state index contributed by atoms with van der Waals surface area (Å²) >= 11 is 3.37. The van der Waals surface area contributed by atoms with Crippen molar-refractivity contribution >= 4 is 57.5 Å². The highest BCUT2D eigenvalue weighted by Crippen LogP contribution is 2.16. The number of rotatable bonds is 3. The summed E-state index contributed by atoms with van der Waals surface area (Å²) in [6, 6.07) is 7.45. The minimum absolute atomic E-state index is 0. The van der Waals surface area contributed by atoms with E-state index in [4.69, 9.17) is 5.73 Å². The molecule has 1 atom stereocenters. The molecule has 7 heteroatoms. The summed E-state index contributed by atoms with van der Waals surface area (Å²) in [6.07, 6.45) is 2.36. The highest BCUT2D eigenvalue weighted by molar-refractivity contribution is 14.0. The Bertz CT molecular complexity index is 538. The quantitative estimate of drug-likeness (QED) is 0.397. The van der Waals surface area contributed by atoms with Gasteiger partial charge in [-0.05, 0) is 37.0 Å². The average Bonchev–Trinajstić information content (AvgIpc) is 2.45. The topological polar surface area (TPSA) is 70.7 Å². The van der Waals surface area contributed by atoms with Crippen LogP contribution >= 0.6 is 39.9 Å². The van der Waals surface area contributed by atoms with Crippen molar-refractivity contribution in [2.75, 3.05) is 25.0 Å². The van der Waals surface area contributed by atoms with E-state index in [2.05, 4.69) is 38.1 Å². The molecule has 1 amide bonds. The number of nitrogens with one attached hydrogen (secondary N) is 1. The summed E-state index contributed by atoms with van der Waals surface area (Å²) in [6.45, 7) is 4.10. The first kappa shape index (κ1) is 19.2. The summed E-state index contributed by atoms with van der Waals surface area (Å²) in [5.41, 5.74) is 6.71. The van der Waals surface area contributed by atoms with Crippen LogP contribution in [-0.4, -0.2) is 36.4 Å². The number of anilines is 1. The van der Waals surface area contributed by atoms with Gasteiger partial charge in [-0.1, -0.05) is 28.9 Å². The largest absolute Gasteiger partial charge is 0.370 e. The highest BCUT2D eigenvalue weighted by Gasteiger charge is 2.17. The van der Waals surface area contributed by atoms with Crippen molar-refractivity contribution in [2.24, 2.45) is 16.6 Å². The Labute approximate surface area is 156 Å². The molecular weight excluding hydrogens is 459 g/mol. The smallest absolute Gasteiger partial charge is 0.246 e. The van der Waals surface area contributed by atoms with Crippen molar-refractivity contribution in [3.63, 3.8) is 0 Å². The standard InChI is InChI=1S/C15H21BrN4O.HI/c1-11-4-3-7-20(10-11)15(17)18-9-14(21)19-13-6-2-5-12(16)8-13;/h2,5-6,8,11H,3-4,7,9-10H2,1H3,(H2,17,18)(H,19,21);1H. The van der Waals surface area contributed by atoms with E-state index in [1.165, 1.54) is 6.42 Å². The number of piperidine rings is 1. The maximum Gasteiger partial charge on any atom is 0.246 e. The lowest BCUT2D eigenvalue weighted by Crippen LogP contribution is -2.43. The van der Waals surface area contributed by atoms with Gasteiger partial charge >= 0.3 is 0 Å².